The molecule has 0 aliphatic heterocycles. The Balaban J connectivity index is 2.28. The minimum Gasteiger partial charge on any atom is -0.496 e. The van der Waals surface area contributed by atoms with Crippen molar-refractivity contribution in [1.82, 2.24) is 0 Å². The summed E-state index contributed by atoms with van der Waals surface area (Å²) in [6, 6.07) is 12.4. The van der Waals surface area contributed by atoms with Crippen LogP contribution >= 0.6 is 27.5 Å². The van der Waals surface area contributed by atoms with Crippen molar-refractivity contribution in [3.8, 4) is 5.75 Å². The summed E-state index contributed by atoms with van der Waals surface area (Å²) >= 11 is 9.62. The quantitative estimate of drug-likeness (QED) is 0.696. The molecule has 1 nitrogen and oxygen atoms in total. The van der Waals surface area contributed by atoms with E-state index in [0.717, 1.165) is 11.3 Å². The Hall–Kier alpha value is -1.06. The van der Waals surface area contributed by atoms with Crippen LogP contribution < -0.4 is 4.74 Å². The normalized spacial score (nSPS) is 12.2. The van der Waals surface area contributed by atoms with Gasteiger partial charge in [0.15, 0.2) is 0 Å². The van der Waals surface area contributed by atoms with Crippen molar-refractivity contribution in [2.75, 3.05) is 7.11 Å². The van der Waals surface area contributed by atoms with Crippen molar-refractivity contribution in [2.24, 2.45) is 0 Å². The summed E-state index contributed by atoms with van der Waals surface area (Å²) in [6.45, 7) is 0. The Labute approximate surface area is 125 Å². The van der Waals surface area contributed by atoms with Crippen molar-refractivity contribution in [1.29, 1.82) is 0 Å². The third-order valence-corrected chi connectivity index (χ3v) is 4.09. The number of ether oxygens (including phenoxy) is 1. The van der Waals surface area contributed by atoms with Gasteiger partial charge in [-0.15, -0.1) is 0 Å². The molecule has 0 radical (unpaired) electrons. The number of hydrogen-bond donors (Lipinski definition) is 0. The van der Waals surface area contributed by atoms with E-state index < -0.39 is 0 Å². The number of alkyl halides is 1. The van der Waals surface area contributed by atoms with Crippen LogP contribution in [0.25, 0.3) is 0 Å². The molecule has 4 heteroatoms. The van der Waals surface area contributed by atoms with Crippen LogP contribution in [0.1, 0.15) is 16.0 Å². The van der Waals surface area contributed by atoms with Gasteiger partial charge in [-0.3, -0.25) is 0 Å². The second kappa shape index (κ2) is 6.40. The first-order valence-electron chi connectivity index (χ1n) is 5.83. The predicted octanol–water partition coefficient (Wildman–Crippen LogP) is 5.17. The molecule has 0 aliphatic carbocycles. The molecule has 1 atom stereocenters. The van der Waals surface area contributed by atoms with Gasteiger partial charge in [-0.2, -0.15) is 0 Å². The molecule has 0 saturated heterocycles. The van der Waals surface area contributed by atoms with Gasteiger partial charge in [0.25, 0.3) is 0 Å². The maximum atomic E-state index is 13.8. The minimum atomic E-state index is -0.285. The van der Waals surface area contributed by atoms with Gasteiger partial charge in [0.1, 0.15) is 11.6 Å². The molecule has 0 fully saturated rings. The van der Waals surface area contributed by atoms with Crippen LogP contribution in [-0.2, 0) is 6.42 Å². The molecule has 2 aromatic rings. The predicted molar refractivity (Wildman–Crippen MR) is 79.8 cm³/mol. The number of rotatable bonds is 4. The Bertz CT molecular complexity index is 554. The van der Waals surface area contributed by atoms with Crippen molar-refractivity contribution in [2.45, 2.75) is 11.2 Å². The molecule has 1 unspecified atom stereocenters. The van der Waals surface area contributed by atoms with E-state index in [-0.39, 0.29) is 10.6 Å². The summed E-state index contributed by atoms with van der Waals surface area (Å²) in [6.07, 6.45) is 0.464. The molecule has 0 N–H and O–H groups in total. The van der Waals surface area contributed by atoms with E-state index in [1.165, 1.54) is 6.07 Å². The fraction of sp³-hybridized carbons (Fsp3) is 0.200. The molecule has 2 rings (SSSR count). The van der Waals surface area contributed by atoms with E-state index >= 15 is 0 Å². The third-order valence-electron chi connectivity index (χ3n) is 2.92. The van der Waals surface area contributed by atoms with Crippen LogP contribution in [0.3, 0.4) is 0 Å². The van der Waals surface area contributed by atoms with E-state index in [2.05, 4.69) is 15.9 Å². The Kier molecular flexibility index (Phi) is 4.83. The van der Waals surface area contributed by atoms with Gasteiger partial charge in [0.05, 0.1) is 7.11 Å². The fourth-order valence-electron chi connectivity index (χ4n) is 1.94. The zero-order valence-corrected chi connectivity index (χ0v) is 12.7. The maximum absolute atomic E-state index is 13.8. The highest BCUT2D eigenvalue weighted by molar-refractivity contribution is 9.09. The van der Waals surface area contributed by atoms with Crippen LogP contribution in [0.5, 0.6) is 5.75 Å². The minimum absolute atomic E-state index is 0.0574. The zero-order chi connectivity index (χ0) is 13.8. The highest BCUT2D eigenvalue weighted by Gasteiger charge is 2.17. The number of methoxy groups -OCH3 is 1. The van der Waals surface area contributed by atoms with Crippen molar-refractivity contribution < 1.29 is 9.13 Å². The SMILES string of the molecule is COc1ccccc1C(Br)Cc1c(F)cccc1Cl. The van der Waals surface area contributed by atoms with Crippen molar-refractivity contribution in [3.05, 3.63) is 64.4 Å². The largest absolute Gasteiger partial charge is 0.496 e. The lowest BCUT2D eigenvalue weighted by molar-refractivity contribution is 0.409. The molecular formula is C15H13BrClFO. The molecular weight excluding hydrogens is 331 g/mol. The molecule has 0 aromatic heterocycles. The molecule has 0 amide bonds. The third kappa shape index (κ3) is 3.28. The summed E-state index contributed by atoms with van der Waals surface area (Å²) < 4.78 is 19.1. The van der Waals surface area contributed by atoms with Gasteiger partial charge >= 0.3 is 0 Å². The van der Waals surface area contributed by atoms with Crippen molar-refractivity contribution >= 4 is 27.5 Å². The smallest absolute Gasteiger partial charge is 0.127 e. The molecule has 19 heavy (non-hydrogen) atoms. The van der Waals surface area contributed by atoms with E-state index in [0.29, 0.717) is 17.0 Å². The second-order valence-electron chi connectivity index (χ2n) is 4.11. The van der Waals surface area contributed by atoms with Gasteiger partial charge in [-0.25, -0.2) is 4.39 Å². The first-order valence-corrected chi connectivity index (χ1v) is 7.12. The van der Waals surface area contributed by atoms with Gasteiger partial charge in [0, 0.05) is 21.0 Å². The lowest BCUT2D eigenvalue weighted by atomic mass is 10.0. The van der Waals surface area contributed by atoms with Crippen molar-refractivity contribution in [3.63, 3.8) is 0 Å². The highest BCUT2D eigenvalue weighted by Crippen LogP contribution is 2.35. The van der Waals surface area contributed by atoms with Gasteiger partial charge in [0.2, 0.25) is 0 Å². The van der Waals surface area contributed by atoms with E-state index in [1.807, 2.05) is 24.3 Å². The van der Waals surface area contributed by atoms with Crippen LogP contribution in [-0.4, -0.2) is 7.11 Å². The average molecular weight is 344 g/mol. The standard InChI is InChI=1S/C15H13BrClFO/c1-19-15-8-3-2-5-10(15)12(16)9-11-13(17)6-4-7-14(11)18/h2-8,12H,9H2,1H3. The number of para-hydroxylation sites is 1. The van der Waals surface area contributed by atoms with Gasteiger partial charge < -0.3 is 4.74 Å². The van der Waals surface area contributed by atoms with E-state index in [1.54, 1.807) is 19.2 Å². The topological polar surface area (TPSA) is 9.23 Å². The van der Waals surface area contributed by atoms with E-state index in [9.17, 15) is 4.39 Å². The molecule has 0 bridgehead atoms. The first kappa shape index (κ1) is 14.4. The molecule has 0 saturated carbocycles. The lowest BCUT2D eigenvalue weighted by Crippen LogP contribution is -2.01. The van der Waals surface area contributed by atoms with Gasteiger partial charge in [-0.1, -0.05) is 51.8 Å². The first-order chi connectivity index (χ1) is 9.13. The Morgan fingerprint density at radius 2 is 1.95 bits per heavy atom. The average Bonchev–Trinajstić information content (AvgIpc) is 2.42. The zero-order valence-electron chi connectivity index (χ0n) is 10.4. The monoisotopic (exact) mass is 342 g/mol. The number of benzene rings is 2. The van der Waals surface area contributed by atoms with Gasteiger partial charge in [-0.05, 0) is 24.6 Å². The second-order valence-corrected chi connectivity index (χ2v) is 5.63. The van der Waals surface area contributed by atoms with Crippen LogP contribution in [0, 0.1) is 5.82 Å². The maximum Gasteiger partial charge on any atom is 0.127 e. The summed E-state index contributed by atoms with van der Waals surface area (Å²) in [5.74, 6) is 0.490. The van der Waals surface area contributed by atoms with E-state index in [4.69, 9.17) is 16.3 Å². The lowest BCUT2D eigenvalue weighted by Gasteiger charge is -2.15. The molecule has 100 valence electrons. The summed E-state index contributed by atoms with van der Waals surface area (Å²) in [5, 5.41) is 0.444. The number of halogens is 3. The Morgan fingerprint density at radius 3 is 2.63 bits per heavy atom. The molecule has 0 aliphatic rings. The fourth-order valence-corrected chi connectivity index (χ4v) is 2.88. The molecule has 0 spiro atoms. The summed E-state index contributed by atoms with van der Waals surface area (Å²) in [4.78, 5) is -0.0574. The molecule has 2 aromatic carbocycles. The molecule has 0 heterocycles. The number of hydrogen-bond acceptors (Lipinski definition) is 1. The Morgan fingerprint density at radius 1 is 1.21 bits per heavy atom. The summed E-state index contributed by atoms with van der Waals surface area (Å²) in [7, 11) is 1.62. The van der Waals surface area contributed by atoms with Crippen LogP contribution in [0.4, 0.5) is 4.39 Å². The van der Waals surface area contributed by atoms with Crippen LogP contribution in [0.15, 0.2) is 42.5 Å². The van der Waals surface area contributed by atoms with Crippen LogP contribution in [0.2, 0.25) is 5.02 Å². The summed E-state index contributed by atoms with van der Waals surface area (Å²) in [5.41, 5.74) is 1.49. The highest BCUT2D eigenvalue weighted by atomic mass is 79.9.